The zero-order valence-electron chi connectivity index (χ0n) is 16.2. The lowest BCUT2D eigenvalue weighted by Crippen LogP contribution is -2.12. The second kappa shape index (κ2) is 7.50. The third kappa shape index (κ3) is 3.52. The van der Waals surface area contributed by atoms with Crippen LogP contribution in [-0.2, 0) is 17.6 Å². The first kappa shape index (κ1) is 18.3. The van der Waals surface area contributed by atoms with E-state index in [1.807, 2.05) is 18.2 Å². The number of fused-ring (bicyclic) bond motifs is 3. The molecule has 1 heterocycles. The topological polar surface area (TPSA) is 71.2 Å². The molecule has 2 aromatic carbocycles. The van der Waals surface area contributed by atoms with Gasteiger partial charge in [-0.2, -0.15) is 0 Å². The predicted octanol–water partition coefficient (Wildman–Crippen LogP) is 4.72. The third-order valence-electron chi connectivity index (χ3n) is 5.35. The van der Waals surface area contributed by atoms with E-state index in [0.29, 0.717) is 29.3 Å². The molecule has 1 amide bonds. The zero-order valence-corrected chi connectivity index (χ0v) is 16.2. The molecule has 1 aromatic heterocycles. The van der Waals surface area contributed by atoms with Gasteiger partial charge in [-0.1, -0.05) is 6.92 Å². The minimum Gasteiger partial charge on any atom is -0.462 e. The summed E-state index contributed by atoms with van der Waals surface area (Å²) in [5.41, 5.74) is 5.48. The van der Waals surface area contributed by atoms with Crippen LogP contribution in [0, 0.1) is 5.92 Å². The highest BCUT2D eigenvalue weighted by Crippen LogP contribution is 2.32. The molecule has 5 heteroatoms. The number of amides is 1. The number of hydrogen-bond acceptors (Lipinski definition) is 3. The Morgan fingerprint density at radius 1 is 1.14 bits per heavy atom. The number of aromatic nitrogens is 1. The Hall–Kier alpha value is -3.08. The number of ether oxygens (including phenoxy) is 1. The monoisotopic (exact) mass is 376 g/mol. The number of carbonyl (C=O) groups excluding carboxylic acids is 2. The van der Waals surface area contributed by atoms with Crippen molar-refractivity contribution in [2.75, 3.05) is 11.9 Å². The highest BCUT2D eigenvalue weighted by Gasteiger charge is 2.20. The van der Waals surface area contributed by atoms with E-state index in [-0.39, 0.29) is 11.9 Å². The Morgan fingerprint density at radius 2 is 1.89 bits per heavy atom. The van der Waals surface area contributed by atoms with E-state index < -0.39 is 0 Å². The third-order valence-corrected chi connectivity index (χ3v) is 5.35. The van der Waals surface area contributed by atoms with Crippen molar-refractivity contribution in [3.05, 3.63) is 64.8 Å². The van der Waals surface area contributed by atoms with Crippen LogP contribution in [0.3, 0.4) is 0 Å². The number of nitrogens with one attached hydrogen (secondary N) is 2. The first-order chi connectivity index (χ1) is 13.5. The van der Waals surface area contributed by atoms with Gasteiger partial charge in [-0.15, -0.1) is 0 Å². The van der Waals surface area contributed by atoms with E-state index in [9.17, 15) is 9.59 Å². The van der Waals surface area contributed by atoms with Gasteiger partial charge in [0.1, 0.15) is 0 Å². The van der Waals surface area contributed by atoms with Crippen LogP contribution in [0.25, 0.3) is 10.9 Å². The van der Waals surface area contributed by atoms with Crippen molar-refractivity contribution >= 4 is 28.5 Å². The zero-order chi connectivity index (χ0) is 19.7. The van der Waals surface area contributed by atoms with E-state index in [1.54, 1.807) is 31.2 Å². The summed E-state index contributed by atoms with van der Waals surface area (Å²) in [6, 6.07) is 12.5. The Kier molecular flexibility index (Phi) is 4.90. The van der Waals surface area contributed by atoms with Crippen molar-refractivity contribution in [2.24, 2.45) is 5.92 Å². The molecule has 0 radical (unpaired) electrons. The average Bonchev–Trinajstić information content (AvgIpc) is 3.05. The molecule has 2 N–H and O–H groups in total. The number of anilines is 1. The summed E-state index contributed by atoms with van der Waals surface area (Å²) in [4.78, 5) is 28.0. The summed E-state index contributed by atoms with van der Waals surface area (Å²) in [5, 5.41) is 4.05. The molecule has 5 nitrogen and oxygen atoms in total. The van der Waals surface area contributed by atoms with Gasteiger partial charge in [0.15, 0.2) is 0 Å². The Balaban J connectivity index is 1.54. The smallest absolute Gasteiger partial charge is 0.338 e. The quantitative estimate of drug-likeness (QED) is 0.647. The summed E-state index contributed by atoms with van der Waals surface area (Å²) in [7, 11) is 0. The SMILES string of the molecule is CCOC(=O)c1ccc(NC(=O)c2ccc3[nH]c4c(c3c2)C[C@@H](C)CC4)cc1. The Morgan fingerprint density at radius 3 is 2.64 bits per heavy atom. The van der Waals surface area contributed by atoms with E-state index in [4.69, 9.17) is 4.74 Å². The molecule has 4 rings (SSSR count). The molecule has 0 saturated carbocycles. The summed E-state index contributed by atoms with van der Waals surface area (Å²) in [5.74, 6) is 0.142. The number of rotatable bonds is 4. The molecular formula is C23H24N2O3. The second-order valence-electron chi connectivity index (χ2n) is 7.44. The molecule has 1 aliphatic rings. The van der Waals surface area contributed by atoms with E-state index in [2.05, 4.69) is 17.2 Å². The molecule has 0 saturated heterocycles. The predicted molar refractivity (Wildman–Crippen MR) is 110 cm³/mol. The number of benzene rings is 2. The lowest BCUT2D eigenvalue weighted by molar-refractivity contribution is 0.0526. The van der Waals surface area contributed by atoms with E-state index in [0.717, 1.165) is 23.7 Å². The van der Waals surface area contributed by atoms with Crippen LogP contribution in [0.5, 0.6) is 0 Å². The fourth-order valence-corrected chi connectivity index (χ4v) is 3.84. The molecule has 0 unspecified atom stereocenters. The maximum absolute atomic E-state index is 12.7. The molecular weight excluding hydrogens is 352 g/mol. The summed E-state index contributed by atoms with van der Waals surface area (Å²) < 4.78 is 4.98. The summed E-state index contributed by atoms with van der Waals surface area (Å²) >= 11 is 0. The molecule has 28 heavy (non-hydrogen) atoms. The molecule has 144 valence electrons. The molecule has 0 bridgehead atoms. The molecule has 0 spiro atoms. The number of H-pyrrole nitrogens is 1. The van der Waals surface area contributed by atoms with Gasteiger partial charge in [0.05, 0.1) is 12.2 Å². The molecule has 1 atom stereocenters. The number of aromatic amines is 1. The lowest BCUT2D eigenvalue weighted by Gasteiger charge is -2.18. The molecule has 3 aromatic rings. The van der Waals surface area contributed by atoms with Gasteiger partial charge in [-0.25, -0.2) is 4.79 Å². The van der Waals surface area contributed by atoms with Crippen LogP contribution in [0.4, 0.5) is 5.69 Å². The minimum absolute atomic E-state index is 0.162. The lowest BCUT2D eigenvalue weighted by atomic mass is 9.87. The van der Waals surface area contributed by atoms with Gasteiger partial charge in [0.2, 0.25) is 0 Å². The maximum Gasteiger partial charge on any atom is 0.338 e. The van der Waals surface area contributed by atoms with Crippen molar-refractivity contribution in [1.29, 1.82) is 0 Å². The van der Waals surface area contributed by atoms with Gasteiger partial charge >= 0.3 is 5.97 Å². The standard InChI is InChI=1S/C23H24N2O3/c1-3-28-23(27)15-5-8-17(9-6-15)24-22(26)16-7-11-21-19(13-16)18-12-14(2)4-10-20(18)25-21/h5-9,11,13-14,25H,3-4,10,12H2,1-2H3,(H,24,26)/t14-/m0/s1. The fourth-order valence-electron chi connectivity index (χ4n) is 3.84. The van der Waals surface area contributed by atoms with Gasteiger partial charge in [-0.05, 0) is 80.1 Å². The van der Waals surface area contributed by atoms with Crippen LogP contribution in [0.1, 0.15) is 52.2 Å². The number of hydrogen-bond donors (Lipinski definition) is 2. The molecule has 0 aliphatic heterocycles. The van der Waals surface area contributed by atoms with Gasteiger partial charge in [0.25, 0.3) is 5.91 Å². The van der Waals surface area contributed by atoms with Crippen molar-refractivity contribution in [3.8, 4) is 0 Å². The number of carbonyl (C=O) groups is 2. The maximum atomic E-state index is 12.7. The van der Waals surface area contributed by atoms with Crippen LogP contribution >= 0.6 is 0 Å². The van der Waals surface area contributed by atoms with Gasteiger partial charge in [0, 0.05) is 27.8 Å². The number of aryl methyl sites for hydroxylation is 1. The van der Waals surface area contributed by atoms with Crippen LogP contribution < -0.4 is 5.32 Å². The highest BCUT2D eigenvalue weighted by molar-refractivity contribution is 6.06. The van der Waals surface area contributed by atoms with Crippen LogP contribution in [0.15, 0.2) is 42.5 Å². The Labute approximate surface area is 164 Å². The van der Waals surface area contributed by atoms with E-state index in [1.165, 1.54) is 17.7 Å². The van der Waals surface area contributed by atoms with Gasteiger partial charge in [-0.3, -0.25) is 4.79 Å². The van der Waals surface area contributed by atoms with E-state index >= 15 is 0 Å². The number of esters is 1. The average molecular weight is 376 g/mol. The second-order valence-corrected chi connectivity index (χ2v) is 7.44. The van der Waals surface area contributed by atoms with Gasteiger partial charge < -0.3 is 15.0 Å². The minimum atomic E-state index is -0.364. The Bertz CT molecular complexity index is 1030. The fraction of sp³-hybridized carbons (Fsp3) is 0.304. The molecule has 1 aliphatic carbocycles. The van der Waals surface area contributed by atoms with Crippen molar-refractivity contribution in [3.63, 3.8) is 0 Å². The largest absolute Gasteiger partial charge is 0.462 e. The highest BCUT2D eigenvalue weighted by atomic mass is 16.5. The van der Waals surface area contributed by atoms with Crippen molar-refractivity contribution in [1.82, 2.24) is 4.98 Å². The van der Waals surface area contributed by atoms with Crippen LogP contribution in [0.2, 0.25) is 0 Å². The first-order valence-electron chi connectivity index (χ1n) is 9.77. The summed E-state index contributed by atoms with van der Waals surface area (Å²) in [6.45, 7) is 4.38. The normalized spacial score (nSPS) is 15.9. The van der Waals surface area contributed by atoms with Crippen LogP contribution in [-0.4, -0.2) is 23.5 Å². The molecule has 0 fully saturated rings. The first-order valence-corrected chi connectivity index (χ1v) is 9.77. The van der Waals surface area contributed by atoms with Crippen molar-refractivity contribution in [2.45, 2.75) is 33.1 Å². The summed E-state index contributed by atoms with van der Waals surface area (Å²) in [6.07, 6.45) is 3.32. The van der Waals surface area contributed by atoms with Crippen molar-refractivity contribution < 1.29 is 14.3 Å².